The lowest BCUT2D eigenvalue weighted by atomic mass is 10.1. The predicted octanol–water partition coefficient (Wildman–Crippen LogP) is 1.02. The lowest BCUT2D eigenvalue weighted by Crippen LogP contribution is -2.27. The first-order valence-corrected chi connectivity index (χ1v) is 11.3. The van der Waals surface area contributed by atoms with Gasteiger partial charge in [-0.05, 0) is 18.2 Å². The summed E-state index contributed by atoms with van der Waals surface area (Å²) in [6.07, 6.45) is 1.14. The molecular weight excluding hydrogens is 406 g/mol. The van der Waals surface area contributed by atoms with Gasteiger partial charge in [0, 0.05) is 30.6 Å². The minimum absolute atomic E-state index is 0.0454. The molecule has 0 saturated carbocycles. The third-order valence-corrected chi connectivity index (χ3v) is 5.12. The van der Waals surface area contributed by atoms with Crippen molar-refractivity contribution in [3.8, 4) is 0 Å². The Balaban J connectivity index is 1.74. The van der Waals surface area contributed by atoms with Crippen LogP contribution in [0.5, 0.6) is 0 Å². The Labute approximate surface area is 174 Å². The Bertz CT molecular complexity index is 1170. The SMILES string of the molecule is CS(=O)(=O)CNCCn1c(C(N)=O)nc2cc(NCC(=O)c3ccccc3)ccc21. The van der Waals surface area contributed by atoms with E-state index in [2.05, 4.69) is 15.6 Å². The molecule has 0 radical (unpaired) electrons. The molecular formula is C20H23N5O4S. The Morgan fingerprint density at radius 3 is 2.53 bits per heavy atom. The van der Waals surface area contributed by atoms with Crippen molar-refractivity contribution in [2.75, 3.05) is 30.5 Å². The molecule has 158 valence electrons. The van der Waals surface area contributed by atoms with E-state index in [1.807, 2.05) is 18.2 Å². The first-order chi connectivity index (χ1) is 14.2. The fourth-order valence-electron chi connectivity index (χ4n) is 3.01. The number of fused-ring (bicyclic) bond motifs is 1. The van der Waals surface area contributed by atoms with E-state index in [9.17, 15) is 18.0 Å². The number of nitrogens with two attached hydrogens (primary N) is 1. The minimum atomic E-state index is -3.14. The molecule has 9 nitrogen and oxygen atoms in total. The molecule has 1 amide bonds. The number of rotatable bonds is 10. The number of aromatic nitrogens is 2. The van der Waals surface area contributed by atoms with Crippen molar-refractivity contribution >= 4 is 38.2 Å². The van der Waals surface area contributed by atoms with Crippen LogP contribution in [-0.4, -0.2) is 54.9 Å². The zero-order valence-corrected chi connectivity index (χ0v) is 17.3. The summed E-state index contributed by atoms with van der Waals surface area (Å²) < 4.78 is 24.1. The fourth-order valence-corrected chi connectivity index (χ4v) is 3.53. The van der Waals surface area contributed by atoms with Crippen molar-refractivity contribution in [2.24, 2.45) is 5.73 Å². The van der Waals surface area contributed by atoms with Crippen molar-refractivity contribution in [1.29, 1.82) is 0 Å². The van der Waals surface area contributed by atoms with Gasteiger partial charge in [-0.1, -0.05) is 30.3 Å². The number of primary amides is 1. The normalized spacial score (nSPS) is 11.5. The van der Waals surface area contributed by atoms with Crippen LogP contribution >= 0.6 is 0 Å². The number of carbonyl (C=O) groups is 2. The van der Waals surface area contributed by atoms with Gasteiger partial charge in [-0.15, -0.1) is 0 Å². The lowest BCUT2D eigenvalue weighted by Gasteiger charge is -2.09. The van der Waals surface area contributed by atoms with Gasteiger partial charge in [-0.2, -0.15) is 0 Å². The van der Waals surface area contributed by atoms with Crippen LogP contribution in [0.2, 0.25) is 0 Å². The standard InChI is InChI=1S/C20H23N5O4S/c1-30(28,29)13-22-9-10-25-17-8-7-15(11-16(17)24-20(25)19(21)27)23-12-18(26)14-5-3-2-4-6-14/h2-8,11,22-23H,9-10,12-13H2,1H3,(H2,21,27). The van der Waals surface area contributed by atoms with E-state index < -0.39 is 15.7 Å². The Morgan fingerprint density at radius 2 is 1.87 bits per heavy atom. The number of amides is 1. The molecule has 0 fully saturated rings. The summed E-state index contributed by atoms with van der Waals surface area (Å²) in [6, 6.07) is 14.3. The monoisotopic (exact) mass is 429 g/mol. The quantitative estimate of drug-likeness (QED) is 0.323. The van der Waals surface area contributed by atoms with Crippen molar-refractivity contribution in [2.45, 2.75) is 6.54 Å². The van der Waals surface area contributed by atoms with E-state index in [1.165, 1.54) is 0 Å². The highest BCUT2D eigenvalue weighted by molar-refractivity contribution is 7.90. The fraction of sp³-hybridized carbons (Fsp3) is 0.250. The second kappa shape index (κ2) is 9.06. The van der Waals surface area contributed by atoms with Crippen molar-refractivity contribution in [1.82, 2.24) is 14.9 Å². The summed E-state index contributed by atoms with van der Waals surface area (Å²) in [7, 11) is -3.14. The number of nitrogens with zero attached hydrogens (tertiary/aromatic N) is 2. The zero-order valence-electron chi connectivity index (χ0n) is 16.5. The largest absolute Gasteiger partial charge is 0.378 e. The highest BCUT2D eigenvalue weighted by Gasteiger charge is 2.16. The molecule has 4 N–H and O–H groups in total. The number of hydrogen-bond donors (Lipinski definition) is 3. The van der Waals surface area contributed by atoms with E-state index in [1.54, 1.807) is 34.9 Å². The van der Waals surface area contributed by atoms with E-state index in [4.69, 9.17) is 5.73 Å². The van der Waals surface area contributed by atoms with Crippen LogP contribution < -0.4 is 16.4 Å². The summed E-state index contributed by atoms with van der Waals surface area (Å²) in [5, 5.41) is 5.88. The maximum Gasteiger partial charge on any atom is 0.284 e. The van der Waals surface area contributed by atoms with E-state index in [0.717, 1.165) is 6.26 Å². The van der Waals surface area contributed by atoms with Gasteiger partial charge >= 0.3 is 0 Å². The third kappa shape index (κ3) is 5.43. The maximum atomic E-state index is 12.3. The molecule has 0 aliphatic carbocycles. The van der Waals surface area contributed by atoms with E-state index >= 15 is 0 Å². The van der Waals surface area contributed by atoms with Crippen LogP contribution in [0.1, 0.15) is 21.0 Å². The molecule has 3 aromatic rings. The number of anilines is 1. The average Bonchev–Trinajstić information content (AvgIpc) is 3.07. The maximum absolute atomic E-state index is 12.3. The Hall–Kier alpha value is -3.24. The summed E-state index contributed by atoms with van der Waals surface area (Å²) in [5.41, 5.74) is 7.99. The van der Waals surface area contributed by atoms with Crippen molar-refractivity contribution < 1.29 is 18.0 Å². The van der Waals surface area contributed by atoms with Gasteiger partial charge in [-0.25, -0.2) is 13.4 Å². The highest BCUT2D eigenvalue weighted by Crippen LogP contribution is 2.20. The van der Waals surface area contributed by atoms with Crippen molar-refractivity contribution in [3.05, 3.63) is 59.9 Å². The van der Waals surface area contributed by atoms with Crippen LogP contribution in [0.15, 0.2) is 48.5 Å². The zero-order chi connectivity index (χ0) is 21.7. The van der Waals surface area contributed by atoms with Gasteiger partial charge in [0.1, 0.15) is 0 Å². The molecule has 1 aromatic heterocycles. The molecule has 2 aromatic carbocycles. The first-order valence-electron chi connectivity index (χ1n) is 9.25. The molecule has 0 unspecified atom stereocenters. The molecule has 0 spiro atoms. The van der Waals surface area contributed by atoms with Gasteiger partial charge in [0.25, 0.3) is 5.91 Å². The van der Waals surface area contributed by atoms with Gasteiger partial charge in [0.2, 0.25) is 0 Å². The number of nitrogens with one attached hydrogen (secondary N) is 2. The summed E-state index contributed by atoms with van der Waals surface area (Å²) >= 11 is 0. The molecule has 0 aliphatic rings. The molecule has 1 heterocycles. The first kappa shape index (κ1) is 21.5. The topological polar surface area (TPSA) is 136 Å². The summed E-state index contributed by atoms with van der Waals surface area (Å²) in [6.45, 7) is 0.766. The number of sulfone groups is 1. The van der Waals surface area contributed by atoms with Crippen molar-refractivity contribution in [3.63, 3.8) is 0 Å². The van der Waals surface area contributed by atoms with Gasteiger partial charge in [0.05, 0.1) is 23.5 Å². The van der Waals surface area contributed by atoms with Crippen LogP contribution in [0.25, 0.3) is 11.0 Å². The number of carbonyl (C=O) groups excluding carboxylic acids is 2. The number of ketones is 1. The van der Waals surface area contributed by atoms with Gasteiger partial charge < -0.3 is 20.9 Å². The Kier molecular flexibility index (Phi) is 6.48. The average molecular weight is 430 g/mol. The van der Waals surface area contributed by atoms with Gasteiger partial charge in [-0.3, -0.25) is 9.59 Å². The molecule has 0 saturated heterocycles. The summed E-state index contributed by atoms with van der Waals surface area (Å²) in [5.74, 6) is -0.794. The molecule has 0 atom stereocenters. The lowest BCUT2D eigenvalue weighted by molar-refractivity contribution is 0.0984. The molecule has 0 bridgehead atoms. The van der Waals surface area contributed by atoms with E-state index in [-0.39, 0.29) is 24.0 Å². The molecule has 10 heteroatoms. The molecule has 30 heavy (non-hydrogen) atoms. The Morgan fingerprint density at radius 1 is 1.13 bits per heavy atom. The second-order valence-electron chi connectivity index (χ2n) is 6.87. The third-order valence-electron chi connectivity index (χ3n) is 4.39. The second-order valence-corrected chi connectivity index (χ2v) is 9.01. The predicted molar refractivity (Wildman–Crippen MR) is 115 cm³/mol. The molecule has 0 aliphatic heterocycles. The number of hydrogen-bond acceptors (Lipinski definition) is 7. The van der Waals surface area contributed by atoms with E-state index in [0.29, 0.717) is 35.4 Å². The number of Topliss-reactive ketones (excluding diaryl/α,β-unsaturated/α-hetero) is 1. The highest BCUT2D eigenvalue weighted by atomic mass is 32.2. The van der Waals surface area contributed by atoms with Crippen LogP contribution in [-0.2, 0) is 16.4 Å². The minimum Gasteiger partial charge on any atom is -0.378 e. The number of benzene rings is 2. The molecule has 3 rings (SSSR count). The summed E-state index contributed by atoms with van der Waals surface area (Å²) in [4.78, 5) is 28.4. The van der Waals surface area contributed by atoms with Crippen LogP contribution in [0.4, 0.5) is 5.69 Å². The smallest absolute Gasteiger partial charge is 0.284 e. The number of imidazole rings is 1. The van der Waals surface area contributed by atoms with Crippen LogP contribution in [0, 0.1) is 0 Å². The van der Waals surface area contributed by atoms with Crippen LogP contribution in [0.3, 0.4) is 0 Å². The van der Waals surface area contributed by atoms with Gasteiger partial charge in [0.15, 0.2) is 21.4 Å².